The molecule has 0 aliphatic heterocycles. The van der Waals surface area contributed by atoms with E-state index in [1.54, 1.807) is 24.4 Å². The Bertz CT molecular complexity index is 1070. The van der Waals surface area contributed by atoms with Crippen molar-refractivity contribution in [2.45, 2.75) is 4.90 Å². The van der Waals surface area contributed by atoms with Crippen molar-refractivity contribution in [3.8, 4) is 22.6 Å². The van der Waals surface area contributed by atoms with E-state index in [4.69, 9.17) is 21.1 Å². The van der Waals surface area contributed by atoms with Crippen LogP contribution < -0.4 is 14.2 Å². The van der Waals surface area contributed by atoms with E-state index < -0.39 is 10.0 Å². The molecular formula is C19H17ClN2O4S. The molecule has 1 N–H and O–H groups in total. The first kappa shape index (κ1) is 19.0. The zero-order chi connectivity index (χ0) is 19.4. The standard InChI is InChI=1S/C19H17ClN2O4S/c1-25-15-7-8-18(26-2)19(10-15)27(23,24)22-14-9-13(11-21-12-14)16-5-3-4-6-17(16)20/h3-12,22H,1-2H3. The monoisotopic (exact) mass is 404 g/mol. The normalized spacial score (nSPS) is 11.1. The largest absolute Gasteiger partial charge is 0.497 e. The van der Waals surface area contributed by atoms with Gasteiger partial charge in [-0.3, -0.25) is 9.71 Å². The van der Waals surface area contributed by atoms with Crippen LogP contribution in [0.15, 0.2) is 65.8 Å². The minimum Gasteiger partial charge on any atom is -0.497 e. The maximum atomic E-state index is 12.9. The highest BCUT2D eigenvalue weighted by molar-refractivity contribution is 7.92. The summed E-state index contributed by atoms with van der Waals surface area (Å²) < 4.78 is 38.5. The molecule has 0 bridgehead atoms. The Balaban J connectivity index is 1.98. The van der Waals surface area contributed by atoms with E-state index in [0.717, 1.165) is 5.56 Å². The van der Waals surface area contributed by atoms with Crippen LogP contribution in [0.25, 0.3) is 11.1 Å². The molecule has 1 heterocycles. The van der Waals surface area contributed by atoms with E-state index in [9.17, 15) is 8.42 Å². The second kappa shape index (κ2) is 7.85. The molecule has 2 aromatic carbocycles. The molecule has 0 unspecified atom stereocenters. The number of pyridine rings is 1. The lowest BCUT2D eigenvalue weighted by Crippen LogP contribution is -2.14. The van der Waals surface area contributed by atoms with Crippen LogP contribution in [0.5, 0.6) is 11.5 Å². The summed E-state index contributed by atoms with van der Waals surface area (Å²) in [5.41, 5.74) is 1.75. The first-order valence-electron chi connectivity index (χ1n) is 7.89. The Morgan fingerprint density at radius 2 is 1.78 bits per heavy atom. The molecule has 0 atom stereocenters. The zero-order valence-electron chi connectivity index (χ0n) is 14.6. The van der Waals surface area contributed by atoms with Gasteiger partial charge >= 0.3 is 0 Å². The van der Waals surface area contributed by atoms with Gasteiger partial charge in [-0.1, -0.05) is 29.8 Å². The summed E-state index contributed by atoms with van der Waals surface area (Å²) in [7, 11) is -1.06. The summed E-state index contributed by atoms with van der Waals surface area (Å²) in [5, 5.41) is 0.550. The molecule has 0 spiro atoms. The van der Waals surface area contributed by atoms with Crippen molar-refractivity contribution in [1.29, 1.82) is 0 Å². The van der Waals surface area contributed by atoms with Crippen LogP contribution >= 0.6 is 11.6 Å². The maximum Gasteiger partial charge on any atom is 0.265 e. The highest BCUT2D eigenvalue weighted by Crippen LogP contribution is 2.32. The van der Waals surface area contributed by atoms with Gasteiger partial charge in [0.1, 0.15) is 16.4 Å². The average molecular weight is 405 g/mol. The topological polar surface area (TPSA) is 77.5 Å². The highest BCUT2D eigenvalue weighted by Gasteiger charge is 2.21. The van der Waals surface area contributed by atoms with Gasteiger partial charge in [0.05, 0.1) is 26.1 Å². The smallest absolute Gasteiger partial charge is 0.265 e. The number of hydrogen-bond donors (Lipinski definition) is 1. The number of sulfonamides is 1. The number of nitrogens with one attached hydrogen (secondary N) is 1. The van der Waals surface area contributed by atoms with Gasteiger partial charge in [-0.05, 0) is 24.3 Å². The van der Waals surface area contributed by atoms with Crippen LogP contribution in [0.1, 0.15) is 0 Å². The molecule has 3 rings (SSSR count). The molecule has 3 aromatic rings. The Kier molecular flexibility index (Phi) is 5.53. The number of anilines is 1. The Labute approximate surface area is 162 Å². The summed E-state index contributed by atoms with van der Waals surface area (Å²) in [6.45, 7) is 0. The molecule has 0 aliphatic rings. The number of ether oxygens (including phenoxy) is 2. The lowest BCUT2D eigenvalue weighted by atomic mass is 10.1. The summed E-state index contributed by atoms with van der Waals surface area (Å²) in [5.74, 6) is 0.609. The molecule has 0 radical (unpaired) electrons. The summed E-state index contributed by atoms with van der Waals surface area (Å²) >= 11 is 6.22. The van der Waals surface area contributed by atoms with Gasteiger partial charge in [0, 0.05) is 28.4 Å². The van der Waals surface area contributed by atoms with Crippen LogP contribution in [0, 0.1) is 0 Å². The van der Waals surface area contributed by atoms with Gasteiger partial charge < -0.3 is 9.47 Å². The van der Waals surface area contributed by atoms with Crippen molar-refractivity contribution in [1.82, 2.24) is 4.98 Å². The number of halogens is 1. The van der Waals surface area contributed by atoms with Gasteiger partial charge in [-0.25, -0.2) is 8.42 Å². The molecule has 0 aliphatic carbocycles. The fraction of sp³-hybridized carbons (Fsp3) is 0.105. The molecule has 0 fully saturated rings. The minimum atomic E-state index is -3.93. The van der Waals surface area contributed by atoms with Crippen LogP contribution in [0.4, 0.5) is 5.69 Å². The average Bonchev–Trinajstić information content (AvgIpc) is 2.67. The van der Waals surface area contributed by atoms with E-state index in [-0.39, 0.29) is 10.6 Å². The number of methoxy groups -OCH3 is 2. The lowest BCUT2D eigenvalue weighted by Gasteiger charge is -2.13. The molecule has 1 aromatic heterocycles. The second-order valence-electron chi connectivity index (χ2n) is 5.56. The number of aromatic nitrogens is 1. The molecular weight excluding hydrogens is 388 g/mol. The molecule has 6 nitrogen and oxygen atoms in total. The molecule has 0 saturated heterocycles. The molecule has 27 heavy (non-hydrogen) atoms. The predicted octanol–water partition coefficient (Wildman–Crippen LogP) is 4.22. The van der Waals surface area contributed by atoms with Crippen molar-refractivity contribution < 1.29 is 17.9 Å². The zero-order valence-corrected chi connectivity index (χ0v) is 16.2. The van der Waals surface area contributed by atoms with Gasteiger partial charge in [-0.15, -0.1) is 0 Å². The fourth-order valence-electron chi connectivity index (χ4n) is 2.54. The van der Waals surface area contributed by atoms with Crippen molar-refractivity contribution in [2.75, 3.05) is 18.9 Å². The number of benzene rings is 2. The number of rotatable bonds is 6. The third-order valence-corrected chi connectivity index (χ3v) is 5.57. The number of nitrogens with zero attached hydrogens (tertiary/aromatic N) is 1. The number of hydrogen-bond acceptors (Lipinski definition) is 5. The Morgan fingerprint density at radius 3 is 2.48 bits per heavy atom. The van der Waals surface area contributed by atoms with Crippen molar-refractivity contribution >= 4 is 27.3 Å². The van der Waals surface area contributed by atoms with E-state index in [1.165, 1.54) is 32.5 Å². The van der Waals surface area contributed by atoms with Crippen LogP contribution in [0.2, 0.25) is 5.02 Å². The third kappa shape index (κ3) is 4.15. The van der Waals surface area contributed by atoms with Gasteiger partial charge in [0.2, 0.25) is 0 Å². The third-order valence-electron chi connectivity index (χ3n) is 3.84. The predicted molar refractivity (Wildman–Crippen MR) is 105 cm³/mol. The van der Waals surface area contributed by atoms with E-state index in [2.05, 4.69) is 9.71 Å². The van der Waals surface area contributed by atoms with Gasteiger partial charge in [0.25, 0.3) is 10.0 Å². The molecule has 0 saturated carbocycles. The molecule has 8 heteroatoms. The summed E-state index contributed by atoms with van der Waals surface area (Å²) in [4.78, 5) is 4.08. The Hall–Kier alpha value is -2.77. The Morgan fingerprint density at radius 1 is 1.00 bits per heavy atom. The van der Waals surface area contributed by atoms with E-state index >= 15 is 0 Å². The van der Waals surface area contributed by atoms with Gasteiger partial charge in [0.15, 0.2) is 0 Å². The molecule has 0 amide bonds. The summed E-state index contributed by atoms with van der Waals surface area (Å²) in [6, 6.07) is 13.5. The van der Waals surface area contributed by atoms with E-state index in [1.807, 2.05) is 18.2 Å². The highest BCUT2D eigenvalue weighted by atomic mass is 35.5. The quantitative estimate of drug-likeness (QED) is 0.665. The maximum absolute atomic E-state index is 12.9. The SMILES string of the molecule is COc1ccc(OC)c(S(=O)(=O)Nc2cncc(-c3ccccc3Cl)c2)c1. The molecule has 140 valence electrons. The first-order valence-corrected chi connectivity index (χ1v) is 9.75. The van der Waals surface area contributed by atoms with Crippen molar-refractivity contribution in [3.05, 3.63) is 65.9 Å². The summed E-state index contributed by atoms with van der Waals surface area (Å²) in [6.07, 6.45) is 3.04. The van der Waals surface area contributed by atoms with Crippen LogP contribution in [-0.4, -0.2) is 27.6 Å². The van der Waals surface area contributed by atoms with Crippen molar-refractivity contribution in [2.24, 2.45) is 0 Å². The second-order valence-corrected chi connectivity index (χ2v) is 7.62. The minimum absolute atomic E-state index is 0.0347. The first-order chi connectivity index (χ1) is 12.9. The van der Waals surface area contributed by atoms with Crippen molar-refractivity contribution in [3.63, 3.8) is 0 Å². The van der Waals surface area contributed by atoms with Crippen LogP contribution in [0.3, 0.4) is 0 Å². The fourth-order valence-corrected chi connectivity index (χ4v) is 4.01. The van der Waals surface area contributed by atoms with E-state index in [0.29, 0.717) is 22.0 Å². The van der Waals surface area contributed by atoms with Gasteiger partial charge in [-0.2, -0.15) is 0 Å². The van der Waals surface area contributed by atoms with Crippen LogP contribution in [-0.2, 0) is 10.0 Å². The lowest BCUT2D eigenvalue weighted by molar-refractivity contribution is 0.392.